The maximum absolute atomic E-state index is 4.46. The van der Waals surface area contributed by atoms with Crippen LogP contribution in [0.1, 0.15) is 26.3 Å². The molecule has 0 amide bonds. The zero-order chi connectivity index (χ0) is 10.3. The molecule has 0 aliphatic carbocycles. The van der Waals surface area contributed by atoms with Crippen molar-refractivity contribution in [3.8, 4) is 0 Å². The van der Waals surface area contributed by atoms with Crippen LogP contribution in [0.3, 0.4) is 0 Å². The van der Waals surface area contributed by atoms with Crippen LogP contribution in [0.2, 0.25) is 0 Å². The summed E-state index contributed by atoms with van der Waals surface area (Å²) in [6.45, 7) is 6.54. The van der Waals surface area contributed by atoms with Crippen LogP contribution in [-0.2, 0) is 12.5 Å². The first-order chi connectivity index (χ1) is 6.48. The predicted octanol–water partition coefficient (Wildman–Crippen LogP) is 2.27. The molecule has 0 spiro atoms. The third-order valence-corrected chi connectivity index (χ3v) is 2.34. The molecule has 0 radical (unpaired) electrons. The molecule has 0 aliphatic heterocycles. The Hall–Kier alpha value is -1.38. The lowest BCUT2D eigenvalue weighted by molar-refractivity contribution is 0.591. The zero-order valence-electron chi connectivity index (χ0n) is 9.07. The monoisotopic (exact) mass is 189 g/mol. The second kappa shape index (κ2) is 2.80. The molecule has 3 nitrogen and oxygen atoms in total. The predicted molar refractivity (Wildman–Crippen MR) is 57.2 cm³/mol. The highest BCUT2D eigenvalue weighted by Crippen LogP contribution is 2.27. The minimum Gasteiger partial charge on any atom is -0.275 e. The molecule has 0 bridgehead atoms. The Bertz CT molecular complexity index is 463. The van der Waals surface area contributed by atoms with Gasteiger partial charge in [0.05, 0.1) is 5.52 Å². The minimum atomic E-state index is 0.0981. The normalized spacial score (nSPS) is 12.3. The van der Waals surface area contributed by atoms with Gasteiger partial charge in [0.1, 0.15) is 0 Å². The van der Waals surface area contributed by atoms with Crippen molar-refractivity contribution < 1.29 is 0 Å². The molecule has 3 heteroatoms. The summed E-state index contributed by atoms with van der Waals surface area (Å²) in [5.74, 6) is 0. The molecular formula is C11H15N3. The van der Waals surface area contributed by atoms with Crippen LogP contribution in [0.5, 0.6) is 0 Å². The molecule has 0 aliphatic rings. The fourth-order valence-electron chi connectivity index (χ4n) is 1.61. The zero-order valence-corrected chi connectivity index (χ0v) is 9.07. The van der Waals surface area contributed by atoms with E-state index in [1.807, 2.05) is 30.3 Å². The highest BCUT2D eigenvalue weighted by molar-refractivity contribution is 5.81. The Labute approximate surface area is 83.8 Å². The van der Waals surface area contributed by atoms with Gasteiger partial charge in [-0.2, -0.15) is 5.10 Å². The summed E-state index contributed by atoms with van der Waals surface area (Å²) >= 11 is 0. The lowest BCUT2D eigenvalue weighted by atomic mass is 9.87. The van der Waals surface area contributed by atoms with E-state index in [9.17, 15) is 0 Å². The van der Waals surface area contributed by atoms with Crippen LogP contribution >= 0.6 is 0 Å². The van der Waals surface area contributed by atoms with Gasteiger partial charge in [0.25, 0.3) is 0 Å². The van der Waals surface area contributed by atoms with Crippen LogP contribution in [0.4, 0.5) is 0 Å². The molecule has 2 aromatic rings. The van der Waals surface area contributed by atoms with Crippen LogP contribution in [0.15, 0.2) is 18.6 Å². The van der Waals surface area contributed by atoms with Crippen molar-refractivity contribution in [1.29, 1.82) is 0 Å². The molecule has 0 aromatic carbocycles. The summed E-state index contributed by atoms with van der Waals surface area (Å²) in [6.07, 6.45) is 5.77. The van der Waals surface area contributed by atoms with E-state index in [1.54, 1.807) is 0 Å². The maximum atomic E-state index is 4.46. The molecule has 0 fully saturated rings. The second-order valence-corrected chi connectivity index (χ2v) is 4.68. The maximum Gasteiger partial charge on any atom is 0.0991 e. The quantitative estimate of drug-likeness (QED) is 0.636. The number of hydrogen-bond acceptors (Lipinski definition) is 2. The molecule has 2 heterocycles. The van der Waals surface area contributed by atoms with Gasteiger partial charge in [-0.15, -0.1) is 0 Å². The van der Waals surface area contributed by atoms with Gasteiger partial charge in [-0.05, 0) is 5.41 Å². The van der Waals surface area contributed by atoms with Crippen LogP contribution < -0.4 is 0 Å². The number of rotatable bonds is 0. The van der Waals surface area contributed by atoms with Gasteiger partial charge < -0.3 is 0 Å². The van der Waals surface area contributed by atoms with E-state index in [0.717, 1.165) is 10.9 Å². The Morgan fingerprint density at radius 1 is 1.21 bits per heavy atom. The lowest BCUT2D eigenvalue weighted by Gasteiger charge is -2.18. The van der Waals surface area contributed by atoms with Crippen molar-refractivity contribution in [2.24, 2.45) is 7.05 Å². The van der Waals surface area contributed by atoms with Crippen molar-refractivity contribution in [2.75, 3.05) is 0 Å². The van der Waals surface area contributed by atoms with E-state index in [-0.39, 0.29) is 5.41 Å². The SMILES string of the molecule is Cn1cc2cncc(C(C)(C)C)c2n1. The summed E-state index contributed by atoms with van der Waals surface area (Å²) < 4.78 is 1.83. The molecule has 2 rings (SSSR count). The van der Waals surface area contributed by atoms with E-state index < -0.39 is 0 Å². The molecule has 0 unspecified atom stereocenters. The van der Waals surface area contributed by atoms with Crippen LogP contribution in [0, 0.1) is 0 Å². The average molecular weight is 189 g/mol. The summed E-state index contributed by atoms with van der Waals surface area (Å²) in [5, 5.41) is 5.57. The van der Waals surface area contributed by atoms with E-state index >= 15 is 0 Å². The smallest absolute Gasteiger partial charge is 0.0991 e. The third kappa shape index (κ3) is 1.39. The molecule has 0 N–H and O–H groups in total. The largest absolute Gasteiger partial charge is 0.275 e. The third-order valence-electron chi connectivity index (χ3n) is 2.34. The van der Waals surface area contributed by atoms with E-state index in [1.165, 1.54) is 5.56 Å². The number of aromatic nitrogens is 3. The fraction of sp³-hybridized carbons (Fsp3) is 0.455. The Kier molecular flexibility index (Phi) is 1.84. The van der Waals surface area contributed by atoms with Crippen molar-refractivity contribution in [1.82, 2.24) is 14.8 Å². The summed E-state index contributed by atoms with van der Waals surface area (Å²) in [4.78, 5) is 4.24. The first-order valence-electron chi connectivity index (χ1n) is 4.76. The summed E-state index contributed by atoms with van der Waals surface area (Å²) in [5.41, 5.74) is 2.37. The molecule has 0 saturated carbocycles. The molecule has 2 aromatic heterocycles. The lowest BCUT2D eigenvalue weighted by Crippen LogP contribution is -2.12. The van der Waals surface area contributed by atoms with E-state index in [0.29, 0.717) is 0 Å². The van der Waals surface area contributed by atoms with Gasteiger partial charge >= 0.3 is 0 Å². The minimum absolute atomic E-state index is 0.0981. The van der Waals surface area contributed by atoms with Gasteiger partial charge in [-0.3, -0.25) is 9.67 Å². The van der Waals surface area contributed by atoms with Crippen molar-refractivity contribution in [3.63, 3.8) is 0 Å². The topological polar surface area (TPSA) is 30.7 Å². The highest BCUT2D eigenvalue weighted by Gasteiger charge is 2.18. The first kappa shape index (κ1) is 9.19. The molecule has 74 valence electrons. The van der Waals surface area contributed by atoms with Crippen molar-refractivity contribution in [3.05, 3.63) is 24.2 Å². The highest BCUT2D eigenvalue weighted by atomic mass is 15.2. The Balaban J connectivity index is 2.77. The number of nitrogens with zero attached hydrogens (tertiary/aromatic N) is 3. The Morgan fingerprint density at radius 2 is 1.93 bits per heavy atom. The second-order valence-electron chi connectivity index (χ2n) is 4.68. The number of fused-ring (bicyclic) bond motifs is 1. The summed E-state index contributed by atoms with van der Waals surface area (Å²) in [7, 11) is 1.94. The van der Waals surface area contributed by atoms with Crippen LogP contribution in [-0.4, -0.2) is 14.8 Å². The average Bonchev–Trinajstić information content (AvgIpc) is 2.41. The Morgan fingerprint density at radius 3 is 2.57 bits per heavy atom. The fourth-order valence-corrected chi connectivity index (χ4v) is 1.61. The molecule has 0 atom stereocenters. The van der Waals surface area contributed by atoms with E-state index in [2.05, 4.69) is 30.9 Å². The van der Waals surface area contributed by atoms with Gasteiger partial charge in [0, 0.05) is 36.6 Å². The van der Waals surface area contributed by atoms with E-state index in [4.69, 9.17) is 0 Å². The number of hydrogen-bond donors (Lipinski definition) is 0. The van der Waals surface area contributed by atoms with Crippen molar-refractivity contribution >= 4 is 10.9 Å². The van der Waals surface area contributed by atoms with Gasteiger partial charge in [-0.1, -0.05) is 20.8 Å². The van der Waals surface area contributed by atoms with Crippen LogP contribution in [0.25, 0.3) is 10.9 Å². The van der Waals surface area contributed by atoms with Gasteiger partial charge in [0.15, 0.2) is 0 Å². The van der Waals surface area contributed by atoms with Gasteiger partial charge in [-0.25, -0.2) is 0 Å². The van der Waals surface area contributed by atoms with Gasteiger partial charge in [0.2, 0.25) is 0 Å². The van der Waals surface area contributed by atoms with Crippen molar-refractivity contribution in [2.45, 2.75) is 26.2 Å². The number of aryl methyl sites for hydroxylation is 1. The first-order valence-corrected chi connectivity index (χ1v) is 4.76. The number of pyridine rings is 1. The summed E-state index contributed by atoms with van der Waals surface area (Å²) in [6, 6.07) is 0. The molecular weight excluding hydrogens is 174 g/mol. The standard InChI is InChI=1S/C11H15N3/c1-11(2,3)9-6-12-5-8-7-14(4)13-10(8)9/h5-7H,1-4H3. The molecule has 14 heavy (non-hydrogen) atoms. The molecule has 0 saturated heterocycles.